The Kier molecular flexibility index (Phi) is 10.1. The highest BCUT2D eigenvalue weighted by Crippen LogP contribution is 2.08. The molecule has 0 amide bonds. The summed E-state index contributed by atoms with van der Waals surface area (Å²) in [5.41, 5.74) is 0. The van der Waals surface area contributed by atoms with Gasteiger partial charge >= 0.3 is 6.16 Å². The summed E-state index contributed by atoms with van der Waals surface area (Å²) in [6, 6.07) is 0.999. The van der Waals surface area contributed by atoms with Crippen LogP contribution in [0.4, 0.5) is 4.79 Å². The van der Waals surface area contributed by atoms with Gasteiger partial charge in [-0.15, -0.1) is 0 Å². The maximum absolute atomic E-state index is 11.2. The van der Waals surface area contributed by atoms with Crippen LogP contribution in [0.15, 0.2) is 0 Å². The molecule has 0 saturated heterocycles. The molecular formula is C14H30O3Si. The van der Waals surface area contributed by atoms with Crippen LogP contribution in [0.5, 0.6) is 0 Å². The van der Waals surface area contributed by atoms with Crippen molar-refractivity contribution in [3.8, 4) is 0 Å². The van der Waals surface area contributed by atoms with Crippen molar-refractivity contribution in [1.82, 2.24) is 0 Å². The average Bonchev–Trinajstić information content (AvgIpc) is 2.26. The van der Waals surface area contributed by atoms with Gasteiger partial charge in [0.25, 0.3) is 0 Å². The van der Waals surface area contributed by atoms with Crippen LogP contribution >= 0.6 is 0 Å². The first-order chi connectivity index (χ1) is 8.45. The summed E-state index contributed by atoms with van der Waals surface area (Å²) in [5, 5.41) is 0. The van der Waals surface area contributed by atoms with Crippen molar-refractivity contribution in [1.29, 1.82) is 0 Å². The minimum atomic E-state index is -1.11. The summed E-state index contributed by atoms with van der Waals surface area (Å²) in [7, 11) is -1.11. The van der Waals surface area contributed by atoms with E-state index in [0.29, 0.717) is 13.2 Å². The van der Waals surface area contributed by atoms with E-state index in [1.165, 1.54) is 25.7 Å². The van der Waals surface area contributed by atoms with Crippen LogP contribution in [0.3, 0.4) is 0 Å². The molecule has 0 spiro atoms. The zero-order chi connectivity index (χ0) is 13.9. The van der Waals surface area contributed by atoms with Gasteiger partial charge in [0.15, 0.2) is 0 Å². The Morgan fingerprint density at radius 1 is 0.889 bits per heavy atom. The molecule has 0 atom stereocenters. The minimum absolute atomic E-state index is 0.498. The lowest BCUT2D eigenvalue weighted by Crippen LogP contribution is -2.23. The standard InChI is InChI=1S/C14H30O3Si/c1-5-6-7-8-9-10-11-16-14(15)17-12-13-18(2,3)4/h5-13H2,1-4H3. The van der Waals surface area contributed by atoms with Gasteiger partial charge in [0.2, 0.25) is 0 Å². The zero-order valence-electron chi connectivity index (χ0n) is 12.6. The predicted molar refractivity (Wildman–Crippen MR) is 78.8 cm³/mol. The highest BCUT2D eigenvalue weighted by atomic mass is 28.3. The molecule has 0 rings (SSSR count). The highest BCUT2D eigenvalue weighted by Gasteiger charge is 2.14. The molecule has 0 aromatic carbocycles. The van der Waals surface area contributed by atoms with Crippen LogP contribution in [0.1, 0.15) is 45.4 Å². The maximum Gasteiger partial charge on any atom is 0.508 e. The van der Waals surface area contributed by atoms with E-state index in [0.717, 1.165) is 18.9 Å². The zero-order valence-corrected chi connectivity index (χ0v) is 13.6. The fourth-order valence-corrected chi connectivity index (χ4v) is 2.23. The summed E-state index contributed by atoms with van der Waals surface area (Å²) in [4.78, 5) is 11.2. The molecule has 0 N–H and O–H groups in total. The molecule has 0 aliphatic heterocycles. The van der Waals surface area contributed by atoms with Gasteiger partial charge in [0, 0.05) is 8.07 Å². The third kappa shape index (κ3) is 13.6. The summed E-state index contributed by atoms with van der Waals surface area (Å²) in [5.74, 6) is 0. The van der Waals surface area contributed by atoms with E-state index >= 15 is 0 Å². The number of rotatable bonds is 10. The predicted octanol–water partition coefficient (Wildman–Crippen LogP) is 4.84. The van der Waals surface area contributed by atoms with E-state index in [2.05, 4.69) is 26.6 Å². The smallest absolute Gasteiger partial charge is 0.435 e. The van der Waals surface area contributed by atoms with Crippen molar-refractivity contribution in [2.45, 2.75) is 71.1 Å². The molecule has 0 saturated carbocycles. The third-order valence-corrected chi connectivity index (χ3v) is 4.49. The van der Waals surface area contributed by atoms with Crippen molar-refractivity contribution in [2.24, 2.45) is 0 Å². The Hall–Kier alpha value is -0.513. The van der Waals surface area contributed by atoms with Gasteiger partial charge in [0.1, 0.15) is 0 Å². The number of unbranched alkanes of at least 4 members (excludes halogenated alkanes) is 5. The molecule has 108 valence electrons. The van der Waals surface area contributed by atoms with E-state index in [1.807, 2.05) is 0 Å². The van der Waals surface area contributed by atoms with E-state index in [1.54, 1.807) is 0 Å². The average molecular weight is 274 g/mol. The molecule has 0 aliphatic carbocycles. The van der Waals surface area contributed by atoms with Crippen molar-refractivity contribution in [3.63, 3.8) is 0 Å². The molecule has 0 heterocycles. The van der Waals surface area contributed by atoms with Crippen LogP contribution in [-0.4, -0.2) is 27.4 Å². The lowest BCUT2D eigenvalue weighted by atomic mass is 10.1. The van der Waals surface area contributed by atoms with E-state index in [4.69, 9.17) is 9.47 Å². The van der Waals surface area contributed by atoms with Crippen LogP contribution < -0.4 is 0 Å². The van der Waals surface area contributed by atoms with Crippen LogP contribution in [0, 0.1) is 0 Å². The monoisotopic (exact) mass is 274 g/mol. The quantitative estimate of drug-likeness (QED) is 0.325. The second-order valence-corrected chi connectivity index (χ2v) is 11.6. The molecule has 0 fully saturated rings. The molecule has 0 unspecified atom stereocenters. The van der Waals surface area contributed by atoms with Gasteiger partial charge in [0.05, 0.1) is 13.2 Å². The molecule has 0 aromatic heterocycles. The van der Waals surface area contributed by atoms with Gasteiger partial charge in [-0.1, -0.05) is 58.7 Å². The Balaban J connectivity index is 3.27. The first-order valence-electron chi connectivity index (χ1n) is 7.25. The molecule has 18 heavy (non-hydrogen) atoms. The lowest BCUT2D eigenvalue weighted by molar-refractivity contribution is 0.0576. The van der Waals surface area contributed by atoms with E-state index in [-0.39, 0.29) is 0 Å². The summed E-state index contributed by atoms with van der Waals surface area (Å²) < 4.78 is 10.1. The third-order valence-electron chi connectivity index (χ3n) is 2.79. The van der Waals surface area contributed by atoms with Crippen LogP contribution in [0.2, 0.25) is 25.7 Å². The number of ether oxygens (including phenoxy) is 2. The Morgan fingerprint density at radius 2 is 1.44 bits per heavy atom. The molecule has 0 aromatic rings. The molecule has 3 nitrogen and oxygen atoms in total. The summed E-state index contributed by atoms with van der Waals surface area (Å²) in [6.07, 6.45) is 6.69. The number of carbonyl (C=O) groups excluding carboxylic acids is 1. The molecule has 0 aliphatic rings. The maximum atomic E-state index is 11.2. The number of carbonyl (C=O) groups is 1. The normalized spacial score (nSPS) is 11.3. The molecule has 0 radical (unpaired) electrons. The summed E-state index contributed by atoms with van der Waals surface area (Å²) >= 11 is 0. The first kappa shape index (κ1) is 17.5. The largest absolute Gasteiger partial charge is 0.508 e. The van der Waals surface area contributed by atoms with Gasteiger partial charge in [-0.3, -0.25) is 0 Å². The molecule has 4 heteroatoms. The Labute approximate surface area is 113 Å². The van der Waals surface area contributed by atoms with Crippen LogP contribution in [0.25, 0.3) is 0 Å². The fourth-order valence-electron chi connectivity index (χ4n) is 1.52. The fraction of sp³-hybridized carbons (Fsp3) is 0.929. The van der Waals surface area contributed by atoms with Gasteiger partial charge < -0.3 is 9.47 Å². The Morgan fingerprint density at radius 3 is 2.06 bits per heavy atom. The van der Waals surface area contributed by atoms with Crippen molar-refractivity contribution < 1.29 is 14.3 Å². The van der Waals surface area contributed by atoms with E-state index < -0.39 is 14.2 Å². The van der Waals surface area contributed by atoms with E-state index in [9.17, 15) is 4.79 Å². The first-order valence-corrected chi connectivity index (χ1v) is 11.0. The van der Waals surface area contributed by atoms with Crippen LogP contribution in [-0.2, 0) is 9.47 Å². The van der Waals surface area contributed by atoms with Gasteiger partial charge in [-0.05, 0) is 12.5 Å². The second kappa shape index (κ2) is 10.4. The molecule has 0 bridgehead atoms. The Bertz CT molecular complexity index is 212. The minimum Gasteiger partial charge on any atom is -0.435 e. The second-order valence-electron chi connectivity index (χ2n) is 6.03. The molecular weight excluding hydrogens is 244 g/mol. The van der Waals surface area contributed by atoms with Crippen molar-refractivity contribution >= 4 is 14.2 Å². The van der Waals surface area contributed by atoms with Crippen molar-refractivity contribution in [3.05, 3.63) is 0 Å². The SMILES string of the molecule is CCCCCCCCOC(=O)OCC[Si](C)(C)C. The lowest BCUT2D eigenvalue weighted by Gasteiger charge is -2.15. The number of hydrogen-bond acceptors (Lipinski definition) is 3. The topological polar surface area (TPSA) is 35.5 Å². The summed E-state index contributed by atoms with van der Waals surface area (Å²) in [6.45, 7) is 10.00. The van der Waals surface area contributed by atoms with Gasteiger partial charge in [-0.25, -0.2) is 4.79 Å². The van der Waals surface area contributed by atoms with Crippen molar-refractivity contribution in [2.75, 3.05) is 13.2 Å². The highest BCUT2D eigenvalue weighted by molar-refractivity contribution is 6.76. The van der Waals surface area contributed by atoms with Gasteiger partial charge in [-0.2, -0.15) is 0 Å². The number of hydrogen-bond donors (Lipinski definition) is 0.